The van der Waals surface area contributed by atoms with E-state index in [1.54, 1.807) is 22.7 Å². The monoisotopic (exact) mass is 340 g/mol. The molecule has 8 heteroatoms. The zero-order chi connectivity index (χ0) is 17.4. The third kappa shape index (κ3) is 2.85. The van der Waals surface area contributed by atoms with Gasteiger partial charge in [0.1, 0.15) is 29.2 Å². The lowest BCUT2D eigenvalue weighted by Gasteiger charge is -2.04. The normalized spacial score (nSPS) is 11.0. The second-order valence-electron chi connectivity index (χ2n) is 5.22. The summed E-state index contributed by atoms with van der Waals surface area (Å²) in [4.78, 5) is 20.5. The molecule has 124 valence electrons. The topological polar surface area (TPSA) is 72.4 Å². The Balaban J connectivity index is 1.65. The van der Waals surface area contributed by atoms with Crippen LogP contribution < -0.4 is 5.32 Å². The summed E-state index contributed by atoms with van der Waals surface area (Å²) < 4.78 is 33.7. The molecule has 0 aliphatic rings. The van der Waals surface area contributed by atoms with E-state index in [1.165, 1.54) is 18.7 Å². The molecule has 0 saturated carbocycles. The third-order valence-corrected chi connectivity index (χ3v) is 3.54. The Labute approximate surface area is 139 Å². The van der Waals surface area contributed by atoms with E-state index in [4.69, 9.17) is 4.42 Å². The van der Waals surface area contributed by atoms with Crippen molar-refractivity contribution in [3.63, 3.8) is 0 Å². The van der Waals surface area contributed by atoms with Crippen LogP contribution in [0, 0.1) is 11.6 Å². The Bertz CT molecular complexity index is 1070. The molecule has 0 aliphatic heterocycles. The molecule has 25 heavy (non-hydrogen) atoms. The van der Waals surface area contributed by atoms with Gasteiger partial charge in [-0.15, -0.1) is 0 Å². The van der Waals surface area contributed by atoms with Gasteiger partial charge in [0, 0.05) is 18.5 Å². The number of carbonyl (C=O) groups is 1. The van der Waals surface area contributed by atoms with Crippen molar-refractivity contribution in [1.29, 1.82) is 0 Å². The molecule has 0 aliphatic carbocycles. The quantitative estimate of drug-likeness (QED) is 0.619. The van der Waals surface area contributed by atoms with E-state index in [2.05, 4.69) is 15.3 Å². The number of nitrogens with one attached hydrogen (secondary N) is 1. The standard InChI is InChI=1S/C17H10F2N4O2/c18-11-2-3-12(19)13(7-11)22-16(24)14-9-23-8-10(1-4-15(23)21-14)17-20-5-6-25-17/h1-9H,(H,22,24). The third-order valence-electron chi connectivity index (χ3n) is 3.54. The van der Waals surface area contributed by atoms with Gasteiger partial charge in [-0.05, 0) is 24.3 Å². The minimum Gasteiger partial charge on any atom is -0.444 e. The molecule has 0 unspecified atom stereocenters. The highest BCUT2D eigenvalue weighted by molar-refractivity contribution is 6.03. The highest BCUT2D eigenvalue weighted by Crippen LogP contribution is 2.19. The van der Waals surface area contributed by atoms with Crippen molar-refractivity contribution < 1.29 is 18.0 Å². The number of rotatable bonds is 3. The van der Waals surface area contributed by atoms with Crippen LogP contribution in [-0.4, -0.2) is 20.3 Å². The highest BCUT2D eigenvalue weighted by atomic mass is 19.1. The van der Waals surface area contributed by atoms with Crippen molar-refractivity contribution in [3.8, 4) is 11.5 Å². The van der Waals surface area contributed by atoms with Crippen LogP contribution in [0.1, 0.15) is 10.5 Å². The van der Waals surface area contributed by atoms with Crippen LogP contribution in [0.25, 0.3) is 17.1 Å². The number of pyridine rings is 1. The minimum absolute atomic E-state index is 0.0632. The Hall–Kier alpha value is -3.55. The molecular weight excluding hydrogens is 330 g/mol. The summed E-state index contributed by atoms with van der Waals surface area (Å²) in [5, 5.41) is 2.31. The molecule has 0 atom stereocenters. The highest BCUT2D eigenvalue weighted by Gasteiger charge is 2.14. The number of imidazole rings is 1. The number of aromatic nitrogens is 3. The van der Waals surface area contributed by atoms with Crippen LogP contribution in [0.2, 0.25) is 0 Å². The second-order valence-corrected chi connectivity index (χ2v) is 5.22. The molecule has 6 nitrogen and oxygen atoms in total. The van der Waals surface area contributed by atoms with E-state index < -0.39 is 17.5 Å². The first-order valence-electron chi connectivity index (χ1n) is 7.25. The number of hydrogen-bond acceptors (Lipinski definition) is 4. The number of carbonyl (C=O) groups excluding carboxylic acids is 1. The lowest BCUT2D eigenvalue weighted by Crippen LogP contribution is -2.13. The van der Waals surface area contributed by atoms with Crippen LogP contribution in [0.4, 0.5) is 14.5 Å². The maximum absolute atomic E-state index is 13.6. The van der Waals surface area contributed by atoms with Gasteiger partial charge in [-0.3, -0.25) is 4.79 Å². The van der Waals surface area contributed by atoms with E-state index in [0.29, 0.717) is 17.1 Å². The zero-order valence-electron chi connectivity index (χ0n) is 12.6. The number of halogens is 2. The first kappa shape index (κ1) is 15.0. The molecule has 1 N–H and O–H groups in total. The Morgan fingerprint density at radius 2 is 2.04 bits per heavy atom. The van der Waals surface area contributed by atoms with Gasteiger partial charge in [0.15, 0.2) is 0 Å². The molecule has 0 radical (unpaired) electrons. The lowest BCUT2D eigenvalue weighted by atomic mass is 10.3. The summed E-state index contributed by atoms with van der Waals surface area (Å²) in [7, 11) is 0. The van der Waals surface area contributed by atoms with Crippen molar-refractivity contribution in [3.05, 3.63) is 72.5 Å². The zero-order valence-corrected chi connectivity index (χ0v) is 12.6. The van der Waals surface area contributed by atoms with Gasteiger partial charge in [0.05, 0.1) is 17.4 Å². The average Bonchev–Trinajstić information content (AvgIpc) is 3.26. The predicted molar refractivity (Wildman–Crippen MR) is 85.0 cm³/mol. The van der Waals surface area contributed by atoms with Gasteiger partial charge >= 0.3 is 0 Å². The number of amides is 1. The molecule has 3 aromatic heterocycles. The largest absolute Gasteiger partial charge is 0.444 e. The van der Waals surface area contributed by atoms with E-state index >= 15 is 0 Å². The Kier molecular flexibility index (Phi) is 3.50. The number of hydrogen-bond donors (Lipinski definition) is 1. The summed E-state index contributed by atoms with van der Waals surface area (Å²) in [5.41, 5.74) is 1.04. The molecule has 0 fully saturated rings. The van der Waals surface area contributed by atoms with E-state index in [0.717, 1.165) is 18.2 Å². The van der Waals surface area contributed by atoms with Crippen LogP contribution in [0.15, 0.2) is 59.6 Å². The van der Waals surface area contributed by atoms with Crippen LogP contribution >= 0.6 is 0 Å². The fourth-order valence-corrected chi connectivity index (χ4v) is 2.37. The second kappa shape index (κ2) is 5.82. The Morgan fingerprint density at radius 1 is 1.16 bits per heavy atom. The molecule has 1 amide bonds. The van der Waals surface area contributed by atoms with Crippen molar-refractivity contribution in [2.75, 3.05) is 5.32 Å². The molecule has 0 bridgehead atoms. The molecule has 3 heterocycles. The molecule has 0 saturated heterocycles. The maximum atomic E-state index is 13.6. The number of anilines is 1. The predicted octanol–water partition coefficient (Wildman–Crippen LogP) is 3.52. The molecule has 1 aromatic carbocycles. The van der Waals surface area contributed by atoms with Crippen molar-refractivity contribution in [2.24, 2.45) is 0 Å². The molecule has 4 rings (SSSR count). The SMILES string of the molecule is O=C(Nc1cc(F)ccc1F)c1cn2cc(-c3ncco3)ccc2n1. The van der Waals surface area contributed by atoms with Crippen molar-refractivity contribution in [2.45, 2.75) is 0 Å². The maximum Gasteiger partial charge on any atom is 0.275 e. The molecule has 4 aromatic rings. The number of nitrogens with zero attached hydrogens (tertiary/aromatic N) is 3. The van der Waals surface area contributed by atoms with E-state index in [9.17, 15) is 13.6 Å². The van der Waals surface area contributed by atoms with Crippen LogP contribution in [-0.2, 0) is 0 Å². The van der Waals surface area contributed by atoms with Gasteiger partial charge in [-0.25, -0.2) is 18.7 Å². The Morgan fingerprint density at radius 3 is 2.84 bits per heavy atom. The van der Waals surface area contributed by atoms with E-state index in [1.807, 2.05) is 0 Å². The average molecular weight is 340 g/mol. The minimum atomic E-state index is -0.732. The smallest absolute Gasteiger partial charge is 0.275 e. The van der Waals surface area contributed by atoms with Crippen LogP contribution in [0.5, 0.6) is 0 Å². The number of fused-ring (bicyclic) bond motifs is 1. The van der Waals surface area contributed by atoms with E-state index in [-0.39, 0.29) is 11.4 Å². The first-order valence-corrected chi connectivity index (χ1v) is 7.25. The molecule has 0 spiro atoms. The summed E-state index contributed by atoms with van der Waals surface area (Å²) >= 11 is 0. The summed E-state index contributed by atoms with van der Waals surface area (Å²) in [5.74, 6) is -1.60. The van der Waals surface area contributed by atoms with Crippen LogP contribution in [0.3, 0.4) is 0 Å². The van der Waals surface area contributed by atoms with Gasteiger partial charge < -0.3 is 14.1 Å². The van der Waals surface area contributed by atoms with Gasteiger partial charge in [-0.2, -0.15) is 0 Å². The fraction of sp³-hybridized carbons (Fsp3) is 0. The number of oxazole rings is 1. The van der Waals surface area contributed by atoms with Crippen molar-refractivity contribution >= 4 is 17.2 Å². The summed E-state index contributed by atoms with van der Waals surface area (Å²) in [6.07, 6.45) is 6.17. The number of benzene rings is 1. The van der Waals surface area contributed by atoms with Gasteiger partial charge in [-0.1, -0.05) is 0 Å². The van der Waals surface area contributed by atoms with Crippen molar-refractivity contribution in [1.82, 2.24) is 14.4 Å². The lowest BCUT2D eigenvalue weighted by molar-refractivity contribution is 0.102. The summed E-state index contributed by atoms with van der Waals surface area (Å²) in [6.45, 7) is 0. The first-order chi connectivity index (χ1) is 12.1. The fourth-order valence-electron chi connectivity index (χ4n) is 2.37. The van der Waals surface area contributed by atoms with Gasteiger partial charge in [0.2, 0.25) is 5.89 Å². The van der Waals surface area contributed by atoms with Gasteiger partial charge in [0.25, 0.3) is 5.91 Å². The summed E-state index contributed by atoms with van der Waals surface area (Å²) in [6, 6.07) is 6.27. The molecular formula is C17H10F2N4O2.